The predicted molar refractivity (Wildman–Crippen MR) is 80.3 cm³/mol. The van der Waals surface area contributed by atoms with Crippen molar-refractivity contribution in [1.29, 1.82) is 0 Å². The van der Waals surface area contributed by atoms with E-state index in [1.165, 1.54) is 18.2 Å². The summed E-state index contributed by atoms with van der Waals surface area (Å²) < 4.78 is 39.9. The molecular weight excluding hydrogens is 315 g/mol. The van der Waals surface area contributed by atoms with Crippen molar-refractivity contribution in [1.82, 2.24) is 4.98 Å². The van der Waals surface area contributed by atoms with Gasteiger partial charge in [-0.05, 0) is 24.3 Å². The van der Waals surface area contributed by atoms with E-state index in [0.29, 0.717) is 15.9 Å². The number of rotatable bonds is 3. The number of hydrogen-bond donors (Lipinski definition) is 2. The highest BCUT2D eigenvalue weighted by Gasteiger charge is 2.29. The molecule has 1 unspecified atom stereocenters. The molecule has 22 heavy (non-hydrogen) atoms. The number of para-hydroxylation sites is 1. The number of aromatic amines is 1. The highest BCUT2D eigenvalue weighted by atomic mass is 35.5. The zero-order chi connectivity index (χ0) is 15.9. The fraction of sp³-hybridized carbons (Fsp3) is 0.125. The first kappa shape index (κ1) is 14.8. The van der Waals surface area contributed by atoms with E-state index in [4.69, 9.17) is 11.6 Å². The molecule has 0 bridgehead atoms. The molecule has 3 aromatic rings. The summed E-state index contributed by atoms with van der Waals surface area (Å²) in [5.41, 5.74) is 0.704. The highest BCUT2D eigenvalue weighted by Crippen LogP contribution is 2.42. The first-order valence-electron chi connectivity index (χ1n) is 6.50. The van der Waals surface area contributed by atoms with E-state index in [2.05, 4.69) is 4.98 Å². The van der Waals surface area contributed by atoms with Crippen LogP contribution in [0.3, 0.4) is 0 Å². The summed E-state index contributed by atoms with van der Waals surface area (Å²) in [6.45, 7) is 0. The van der Waals surface area contributed by atoms with Gasteiger partial charge in [0.1, 0.15) is 5.75 Å². The van der Waals surface area contributed by atoms with Gasteiger partial charge in [-0.15, -0.1) is 0 Å². The van der Waals surface area contributed by atoms with Crippen LogP contribution in [0.1, 0.15) is 11.7 Å². The van der Waals surface area contributed by atoms with Crippen LogP contribution in [0.2, 0.25) is 5.02 Å². The quantitative estimate of drug-likeness (QED) is 0.658. The fourth-order valence-electron chi connectivity index (χ4n) is 2.50. The molecule has 0 aliphatic heterocycles. The van der Waals surface area contributed by atoms with E-state index in [9.17, 15) is 18.3 Å². The maximum atomic E-state index is 14.1. The number of aromatic nitrogens is 1. The molecule has 0 aliphatic carbocycles. The first-order valence-corrected chi connectivity index (χ1v) is 6.88. The number of phenols is 1. The third-order valence-corrected chi connectivity index (χ3v) is 3.71. The van der Waals surface area contributed by atoms with Gasteiger partial charge in [0, 0.05) is 27.1 Å². The number of halogens is 4. The molecule has 2 aromatic carbocycles. The van der Waals surface area contributed by atoms with Crippen LogP contribution < -0.4 is 0 Å². The molecule has 1 heterocycles. The van der Waals surface area contributed by atoms with Gasteiger partial charge < -0.3 is 10.1 Å². The van der Waals surface area contributed by atoms with Gasteiger partial charge in [0.15, 0.2) is 6.17 Å². The molecule has 114 valence electrons. The molecule has 1 aromatic heterocycles. The second-order valence-corrected chi connectivity index (χ2v) is 5.29. The van der Waals surface area contributed by atoms with Gasteiger partial charge in [-0.3, -0.25) is 0 Å². The van der Waals surface area contributed by atoms with Gasteiger partial charge >= 0.3 is 0 Å². The molecule has 2 nitrogen and oxygen atoms in total. The Morgan fingerprint density at radius 1 is 1.05 bits per heavy atom. The monoisotopic (exact) mass is 325 g/mol. The van der Waals surface area contributed by atoms with Crippen LogP contribution in [0.4, 0.5) is 13.2 Å². The Hall–Kier alpha value is -2.14. The molecule has 0 saturated carbocycles. The van der Waals surface area contributed by atoms with Crippen molar-refractivity contribution in [3.63, 3.8) is 0 Å². The zero-order valence-electron chi connectivity index (χ0n) is 11.2. The molecule has 0 radical (unpaired) electrons. The number of benzene rings is 2. The Bertz CT molecular complexity index is 831. The van der Waals surface area contributed by atoms with Gasteiger partial charge in [0.25, 0.3) is 6.43 Å². The number of H-pyrrole nitrogens is 1. The Morgan fingerprint density at radius 3 is 2.45 bits per heavy atom. The summed E-state index contributed by atoms with van der Waals surface area (Å²) >= 11 is 5.77. The van der Waals surface area contributed by atoms with Gasteiger partial charge in [0.05, 0.1) is 5.69 Å². The van der Waals surface area contributed by atoms with Crippen LogP contribution in [0.5, 0.6) is 5.75 Å². The average Bonchev–Trinajstić information content (AvgIpc) is 2.85. The molecule has 1 atom stereocenters. The van der Waals surface area contributed by atoms with Crippen LogP contribution in [-0.4, -0.2) is 16.5 Å². The van der Waals surface area contributed by atoms with Gasteiger partial charge in [0.2, 0.25) is 0 Å². The normalized spacial score (nSPS) is 13.0. The van der Waals surface area contributed by atoms with E-state index < -0.39 is 12.6 Å². The summed E-state index contributed by atoms with van der Waals surface area (Å²) in [6.07, 6.45) is -5.62. The summed E-state index contributed by atoms with van der Waals surface area (Å²) in [4.78, 5) is 2.90. The lowest BCUT2D eigenvalue weighted by Gasteiger charge is -2.11. The van der Waals surface area contributed by atoms with Crippen LogP contribution in [0.15, 0.2) is 42.5 Å². The molecule has 0 amide bonds. The van der Waals surface area contributed by atoms with Gasteiger partial charge in [-0.25, -0.2) is 13.2 Å². The average molecular weight is 326 g/mol. The smallest absolute Gasteiger partial charge is 0.273 e. The predicted octanol–water partition coefficient (Wildman–Crippen LogP) is 5.47. The number of phenolic OH excluding ortho intramolecular Hbond substituents is 1. The second kappa shape index (κ2) is 5.57. The lowest BCUT2D eigenvalue weighted by molar-refractivity contribution is 0.0506. The second-order valence-electron chi connectivity index (χ2n) is 4.86. The van der Waals surface area contributed by atoms with Gasteiger partial charge in [-0.1, -0.05) is 29.8 Å². The standard InChI is InChI=1S/C16H11ClF3NO/c17-8-5-6-10(12(22)7-8)15-13(14(18)16(19)20)9-3-1-2-4-11(9)21-15/h1-7,14,16,21-22H. The number of aromatic hydroxyl groups is 1. The number of alkyl halides is 3. The van der Waals surface area contributed by atoms with Crippen LogP contribution in [0.25, 0.3) is 22.2 Å². The minimum Gasteiger partial charge on any atom is -0.507 e. The van der Waals surface area contributed by atoms with Crippen molar-refractivity contribution in [2.45, 2.75) is 12.6 Å². The lowest BCUT2D eigenvalue weighted by Crippen LogP contribution is -2.04. The lowest BCUT2D eigenvalue weighted by atomic mass is 10.0. The molecule has 0 aliphatic rings. The van der Waals surface area contributed by atoms with Crippen LogP contribution in [0, 0.1) is 0 Å². The topological polar surface area (TPSA) is 36.0 Å². The minimum atomic E-state index is -3.16. The maximum Gasteiger partial charge on any atom is 0.273 e. The van der Waals surface area contributed by atoms with Crippen molar-refractivity contribution in [2.24, 2.45) is 0 Å². The molecular formula is C16H11ClF3NO. The van der Waals surface area contributed by atoms with E-state index in [1.807, 2.05) is 0 Å². The number of hydrogen-bond acceptors (Lipinski definition) is 1. The van der Waals surface area contributed by atoms with Crippen molar-refractivity contribution < 1.29 is 18.3 Å². The number of fused-ring (bicyclic) bond motifs is 1. The summed E-state index contributed by atoms with van der Waals surface area (Å²) in [6, 6.07) is 10.8. The Kier molecular flexibility index (Phi) is 3.74. The van der Waals surface area contributed by atoms with Crippen LogP contribution in [-0.2, 0) is 0 Å². The van der Waals surface area contributed by atoms with E-state index in [1.54, 1.807) is 24.3 Å². The molecule has 6 heteroatoms. The van der Waals surface area contributed by atoms with Crippen molar-refractivity contribution in [3.05, 3.63) is 53.1 Å². The Morgan fingerprint density at radius 2 is 1.77 bits per heavy atom. The van der Waals surface area contributed by atoms with E-state index in [0.717, 1.165) is 0 Å². The fourth-order valence-corrected chi connectivity index (χ4v) is 2.67. The number of nitrogens with one attached hydrogen (secondary N) is 1. The molecule has 2 N–H and O–H groups in total. The zero-order valence-corrected chi connectivity index (χ0v) is 11.9. The van der Waals surface area contributed by atoms with Crippen LogP contribution >= 0.6 is 11.6 Å². The molecule has 0 saturated heterocycles. The first-order chi connectivity index (χ1) is 10.5. The third-order valence-electron chi connectivity index (χ3n) is 3.47. The van der Waals surface area contributed by atoms with E-state index in [-0.39, 0.29) is 22.6 Å². The molecule has 3 rings (SSSR count). The Labute approximate surface area is 129 Å². The summed E-state index contributed by atoms with van der Waals surface area (Å²) in [5, 5.41) is 10.7. The van der Waals surface area contributed by atoms with Crippen molar-refractivity contribution >= 4 is 22.5 Å². The largest absolute Gasteiger partial charge is 0.507 e. The Balaban J connectivity index is 2.31. The van der Waals surface area contributed by atoms with Gasteiger partial charge in [-0.2, -0.15) is 0 Å². The van der Waals surface area contributed by atoms with E-state index >= 15 is 0 Å². The highest BCUT2D eigenvalue weighted by molar-refractivity contribution is 6.30. The molecule has 0 fully saturated rings. The third kappa shape index (κ3) is 2.41. The maximum absolute atomic E-state index is 14.1. The summed E-state index contributed by atoms with van der Waals surface area (Å²) in [5.74, 6) is -0.207. The SMILES string of the molecule is Oc1cc(Cl)ccc1-c1[nH]c2ccccc2c1C(F)C(F)F. The minimum absolute atomic E-state index is 0.128. The molecule has 0 spiro atoms. The van der Waals surface area contributed by atoms with Crippen molar-refractivity contribution in [2.75, 3.05) is 0 Å². The summed E-state index contributed by atoms with van der Waals surface area (Å²) in [7, 11) is 0. The van der Waals surface area contributed by atoms with Crippen molar-refractivity contribution in [3.8, 4) is 17.0 Å².